The van der Waals surface area contributed by atoms with Crippen LogP contribution in [0, 0.1) is 0 Å². The maximum atomic E-state index is 13.2. The van der Waals surface area contributed by atoms with Crippen LogP contribution in [0.4, 0.5) is 13.2 Å². The third-order valence-corrected chi connectivity index (χ3v) is 5.37. The molecule has 1 fully saturated rings. The third-order valence-electron chi connectivity index (χ3n) is 5.37. The number of methoxy groups -OCH3 is 1. The van der Waals surface area contributed by atoms with Crippen LogP contribution in [-0.4, -0.2) is 54.4 Å². The second kappa shape index (κ2) is 11.7. The number of aromatic nitrogens is 2. The fraction of sp³-hybridized carbons (Fsp3) is 0.524. The van der Waals surface area contributed by atoms with Gasteiger partial charge in [0, 0.05) is 38.9 Å². The Morgan fingerprint density at radius 1 is 1.25 bits per heavy atom. The van der Waals surface area contributed by atoms with Crippen LogP contribution in [0.25, 0.3) is 0 Å². The number of nitrogens with one attached hydrogen (secondary N) is 2. The third kappa shape index (κ3) is 6.74. The number of ether oxygens (including phenoxy) is 1. The maximum absolute atomic E-state index is 13.2. The van der Waals surface area contributed by atoms with Crippen LogP contribution in [0.3, 0.4) is 0 Å². The monoisotopic (exact) mass is 566 g/mol. The molecule has 2 N–H and O–H groups in total. The summed E-state index contributed by atoms with van der Waals surface area (Å²) >= 11 is 0. The Kier molecular flexibility index (Phi) is 9.62. The molecule has 2 aromatic rings. The number of rotatable bonds is 7. The highest BCUT2D eigenvalue weighted by Gasteiger charge is 2.36. The lowest BCUT2D eigenvalue weighted by Crippen LogP contribution is -2.42. The molecule has 0 spiro atoms. The Morgan fingerprint density at radius 3 is 2.59 bits per heavy atom. The van der Waals surface area contributed by atoms with Crippen molar-refractivity contribution < 1.29 is 17.9 Å². The molecule has 0 amide bonds. The molecule has 0 saturated carbocycles. The van der Waals surface area contributed by atoms with Gasteiger partial charge in [-0.3, -0.25) is 14.6 Å². The molecule has 2 heterocycles. The van der Waals surface area contributed by atoms with Crippen molar-refractivity contribution in [3.8, 4) is 5.75 Å². The van der Waals surface area contributed by atoms with Gasteiger partial charge in [0.1, 0.15) is 5.75 Å². The van der Waals surface area contributed by atoms with E-state index in [1.807, 2.05) is 18.2 Å². The predicted octanol–water partition coefficient (Wildman–Crippen LogP) is 3.57. The number of nitrogens with zero attached hydrogens (tertiary/aromatic N) is 4. The minimum Gasteiger partial charge on any atom is -0.497 e. The minimum atomic E-state index is -4.50. The lowest BCUT2D eigenvalue weighted by molar-refractivity contribution is -0.142. The van der Waals surface area contributed by atoms with Gasteiger partial charge in [0.2, 0.25) is 0 Å². The smallest absolute Gasteiger partial charge is 0.435 e. The molecule has 3 rings (SSSR count). The van der Waals surface area contributed by atoms with E-state index in [2.05, 4.69) is 31.7 Å². The van der Waals surface area contributed by atoms with Crippen LogP contribution in [0.5, 0.6) is 5.75 Å². The summed E-state index contributed by atoms with van der Waals surface area (Å²) in [5, 5.41) is 9.78. The SMILES string of the molecule is CN=C(NCc1cn(C)nc1C(F)(F)F)NCC(c1cccc(OC)c1)N1CCCC1.I. The van der Waals surface area contributed by atoms with Gasteiger partial charge in [0.15, 0.2) is 11.7 Å². The Labute approximate surface area is 203 Å². The number of hydrogen-bond acceptors (Lipinski definition) is 4. The molecule has 1 aliphatic rings. The van der Waals surface area contributed by atoms with Crippen molar-refractivity contribution in [1.29, 1.82) is 0 Å². The summed E-state index contributed by atoms with van der Waals surface area (Å²) in [6.07, 6.45) is -0.835. The number of likely N-dealkylation sites (tertiary alicyclic amines) is 1. The summed E-state index contributed by atoms with van der Waals surface area (Å²) < 4.78 is 46.1. The molecule has 1 aromatic carbocycles. The first-order valence-corrected chi connectivity index (χ1v) is 10.2. The molecular weight excluding hydrogens is 536 g/mol. The van der Waals surface area contributed by atoms with Crippen LogP contribution in [0.1, 0.15) is 35.7 Å². The van der Waals surface area contributed by atoms with Crippen molar-refractivity contribution in [1.82, 2.24) is 25.3 Å². The quantitative estimate of drug-likeness (QED) is 0.305. The molecule has 7 nitrogen and oxygen atoms in total. The van der Waals surface area contributed by atoms with E-state index in [1.54, 1.807) is 14.2 Å². The van der Waals surface area contributed by atoms with Crippen molar-refractivity contribution in [3.63, 3.8) is 0 Å². The number of aliphatic imine (C=N–C) groups is 1. The molecule has 32 heavy (non-hydrogen) atoms. The van der Waals surface area contributed by atoms with E-state index in [4.69, 9.17) is 4.74 Å². The van der Waals surface area contributed by atoms with Gasteiger partial charge in [-0.05, 0) is 43.6 Å². The van der Waals surface area contributed by atoms with E-state index in [0.717, 1.165) is 37.2 Å². The fourth-order valence-corrected chi connectivity index (χ4v) is 3.86. The standard InChI is InChI=1S/C21H29F3N6O.HI/c1-25-20(26-12-16-14-29(2)28-19(16)21(22,23)24)27-13-18(30-9-4-5-10-30)15-7-6-8-17(11-15)31-3;/h6-8,11,14,18H,4-5,9-10,12-13H2,1-3H3,(H2,25,26,27);1H. The molecule has 178 valence electrons. The van der Waals surface area contributed by atoms with E-state index >= 15 is 0 Å². The maximum Gasteiger partial charge on any atom is 0.435 e. The van der Waals surface area contributed by atoms with Crippen LogP contribution in [0.15, 0.2) is 35.5 Å². The molecular formula is C21H30F3IN6O. The average Bonchev–Trinajstić information content (AvgIpc) is 3.40. The van der Waals surface area contributed by atoms with Crippen molar-refractivity contribution in [2.24, 2.45) is 12.0 Å². The summed E-state index contributed by atoms with van der Waals surface area (Å²) in [5.41, 5.74) is 0.307. The lowest BCUT2D eigenvalue weighted by Gasteiger charge is -2.29. The van der Waals surface area contributed by atoms with E-state index < -0.39 is 11.9 Å². The Balaban J connectivity index is 0.00000363. The zero-order valence-corrected chi connectivity index (χ0v) is 20.8. The first kappa shape index (κ1) is 26.2. The molecule has 1 saturated heterocycles. The van der Waals surface area contributed by atoms with Gasteiger partial charge in [-0.25, -0.2) is 0 Å². The van der Waals surface area contributed by atoms with Gasteiger partial charge in [-0.1, -0.05) is 12.1 Å². The van der Waals surface area contributed by atoms with E-state index in [0.29, 0.717) is 12.5 Å². The molecule has 11 heteroatoms. The van der Waals surface area contributed by atoms with Gasteiger partial charge >= 0.3 is 6.18 Å². The topological polar surface area (TPSA) is 66.7 Å². The first-order valence-electron chi connectivity index (χ1n) is 10.2. The summed E-state index contributed by atoms with van der Waals surface area (Å²) in [4.78, 5) is 6.57. The van der Waals surface area contributed by atoms with Crippen molar-refractivity contribution in [3.05, 3.63) is 47.3 Å². The van der Waals surface area contributed by atoms with Crippen molar-refractivity contribution >= 4 is 29.9 Å². The van der Waals surface area contributed by atoms with Crippen LogP contribution in [-0.2, 0) is 19.8 Å². The zero-order chi connectivity index (χ0) is 22.4. The molecule has 1 aliphatic heterocycles. The first-order chi connectivity index (χ1) is 14.8. The number of guanidine groups is 1. The van der Waals surface area contributed by atoms with Gasteiger partial charge in [-0.15, -0.1) is 24.0 Å². The lowest BCUT2D eigenvalue weighted by atomic mass is 10.1. The van der Waals surface area contributed by atoms with Crippen molar-refractivity contribution in [2.45, 2.75) is 31.6 Å². The molecule has 0 aliphatic carbocycles. The molecule has 1 unspecified atom stereocenters. The number of aryl methyl sites for hydroxylation is 1. The molecule has 1 aromatic heterocycles. The summed E-state index contributed by atoms with van der Waals surface area (Å²) in [5.74, 6) is 1.23. The summed E-state index contributed by atoms with van der Waals surface area (Å²) in [6, 6.07) is 8.05. The van der Waals surface area contributed by atoms with Crippen LogP contribution < -0.4 is 15.4 Å². The highest BCUT2D eigenvalue weighted by molar-refractivity contribution is 14.0. The second-order valence-electron chi connectivity index (χ2n) is 7.52. The highest BCUT2D eigenvalue weighted by Crippen LogP contribution is 2.30. The van der Waals surface area contributed by atoms with Gasteiger partial charge in [0.05, 0.1) is 13.2 Å². The average molecular weight is 566 g/mol. The van der Waals surface area contributed by atoms with E-state index in [-0.39, 0.29) is 42.1 Å². The van der Waals surface area contributed by atoms with Crippen LogP contribution >= 0.6 is 24.0 Å². The summed E-state index contributed by atoms with van der Waals surface area (Å²) in [7, 11) is 4.71. The van der Waals surface area contributed by atoms with Gasteiger partial charge in [0.25, 0.3) is 0 Å². The van der Waals surface area contributed by atoms with E-state index in [1.165, 1.54) is 17.9 Å². The number of hydrogen-bond donors (Lipinski definition) is 2. The Hall–Kier alpha value is -2.02. The Morgan fingerprint density at radius 2 is 1.97 bits per heavy atom. The largest absolute Gasteiger partial charge is 0.497 e. The Bertz CT molecular complexity index is 896. The number of halogens is 4. The molecule has 0 radical (unpaired) electrons. The zero-order valence-electron chi connectivity index (χ0n) is 18.4. The van der Waals surface area contributed by atoms with Crippen LogP contribution in [0.2, 0.25) is 0 Å². The summed E-state index contributed by atoms with van der Waals surface area (Å²) in [6.45, 7) is 2.53. The minimum absolute atomic E-state index is 0. The molecule has 0 bridgehead atoms. The second-order valence-corrected chi connectivity index (χ2v) is 7.52. The molecule has 1 atom stereocenters. The fourth-order valence-electron chi connectivity index (χ4n) is 3.86. The number of benzene rings is 1. The van der Waals surface area contributed by atoms with Crippen molar-refractivity contribution in [2.75, 3.05) is 33.8 Å². The normalized spacial score (nSPS) is 15.9. The van der Waals surface area contributed by atoms with Gasteiger partial charge < -0.3 is 15.4 Å². The predicted molar refractivity (Wildman–Crippen MR) is 128 cm³/mol. The number of alkyl halides is 3. The van der Waals surface area contributed by atoms with E-state index in [9.17, 15) is 13.2 Å². The highest BCUT2D eigenvalue weighted by atomic mass is 127. The van der Waals surface area contributed by atoms with Gasteiger partial charge in [-0.2, -0.15) is 18.3 Å².